The van der Waals surface area contributed by atoms with E-state index in [0.29, 0.717) is 12.8 Å². The Labute approximate surface area is 298 Å². The zero-order chi connectivity index (χ0) is 36.2. The van der Waals surface area contributed by atoms with Crippen LogP contribution in [-0.4, -0.2) is 59.3 Å². The quantitative estimate of drug-likeness (QED) is 0.0295. The number of carboxylic acids is 1. The molecule has 0 saturated carbocycles. The third kappa shape index (κ3) is 32.3. The highest BCUT2D eigenvalue weighted by molar-refractivity contribution is 5.87. The number of aliphatic carboxylic acids is 1. The van der Waals surface area contributed by atoms with E-state index < -0.39 is 24.5 Å². The number of carbonyl (C=O) groups excluding carboxylic acids is 3. The maximum absolute atomic E-state index is 12.7. The summed E-state index contributed by atoms with van der Waals surface area (Å²) >= 11 is 0. The van der Waals surface area contributed by atoms with E-state index in [-0.39, 0.29) is 30.9 Å². The summed E-state index contributed by atoms with van der Waals surface area (Å²) in [6.07, 6.45) is 36.4. The standard InChI is InChI=1S/C40H72N2O7/c1-3-5-7-9-11-13-14-15-16-18-20-22-28-32-39(46)49-35(29-25-21-19-17-12-10-8-6-4-2)30-26-23-24-27-31-37(44)41-33-38(45)42-36(34-43)40(47)48/h13-14,25,29,35-36,43H,3-12,15-24,26-28,30-34H2,1-2H3,(H,41,44)(H,42,45)(H,47,48)/b14-13-,29-25-. The lowest BCUT2D eigenvalue weighted by Gasteiger charge is -2.15. The van der Waals surface area contributed by atoms with Crippen molar-refractivity contribution in [3.8, 4) is 0 Å². The van der Waals surface area contributed by atoms with Gasteiger partial charge in [0, 0.05) is 12.8 Å². The number of rotatable bonds is 35. The number of hydrogen-bond acceptors (Lipinski definition) is 6. The molecule has 0 aliphatic carbocycles. The molecule has 284 valence electrons. The topological polar surface area (TPSA) is 142 Å². The monoisotopic (exact) mass is 693 g/mol. The van der Waals surface area contributed by atoms with E-state index in [1.807, 2.05) is 0 Å². The molecule has 0 spiro atoms. The van der Waals surface area contributed by atoms with Crippen molar-refractivity contribution in [2.24, 2.45) is 0 Å². The van der Waals surface area contributed by atoms with Crippen molar-refractivity contribution in [1.82, 2.24) is 10.6 Å². The molecule has 2 atom stereocenters. The molecule has 0 bridgehead atoms. The Morgan fingerprint density at radius 2 is 1.10 bits per heavy atom. The van der Waals surface area contributed by atoms with E-state index in [2.05, 4.69) is 48.8 Å². The highest BCUT2D eigenvalue weighted by Crippen LogP contribution is 2.15. The van der Waals surface area contributed by atoms with Crippen LogP contribution >= 0.6 is 0 Å². The minimum Gasteiger partial charge on any atom is -0.480 e. The van der Waals surface area contributed by atoms with Crippen LogP contribution < -0.4 is 10.6 Å². The summed E-state index contributed by atoms with van der Waals surface area (Å²) in [5, 5.41) is 22.5. The molecule has 4 N–H and O–H groups in total. The van der Waals surface area contributed by atoms with Crippen LogP contribution in [0.4, 0.5) is 0 Å². The SMILES string of the molecule is CCCCCC/C=C\CCCCCCCC(=O)OC(/C=C\CCCCCCCCC)CCCCCCC(=O)NCC(=O)NC(CO)C(=O)O. The van der Waals surface area contributed by atoms with Gasteiger partial charge in [-0.3, -0.25) is 14.4 Å². The highest BCUT2D eigenvalue weighted by atomic mass is 16.5. The van der Waals surface area contributed by atoms with Crippen LogP contribution in [0.2, 0.25) is 0 Å². The molecule has 0 heterocycles. The maximum Gasteiger partial charge on any atom is 0.328 e. The van der Waals surface area contributed by atoms with Crippen LogP contribution in [0.15, 0.2) is 24.3 Å². The molecule has 0 aliphatic heterocycles. The van der Waals surface area contributed by atoms with Crippen molar-refractivity contribution < 1.29 is 34.1 Å². The number of hydrogen-bond donors (Lipinski definition) is 4. The van der Waals surface area contributed by atoms with Crippen LogP contribution in [0.25, 0.3) is 0 Å². The summed E-state index contributed by atoms with van der Waals surface area (Å²) in [5.41, 5.74) is 0. The lowest BCUT2D eigenvalue weighted by Crippen LogP contribution is -2.47. The Balaban J connectivity index is 4.35. The number of carbonyl (C=O) groups is 4. The molecule has 2 unspecified atom stereocenters. The minimum absolute atomic E-state index is 0.119. The highest BCUT2D eigenvalue weighted by Gasteiger charge is 2.18. The molecule has 0 aromatic carbocycles. The molecule has 0 fully saturated rings. The number of nitrogens with one attached hydrogen (secondary N) is 2. The maximum atomic E-state index is 12.7. The van der Waals surface area contributed by atoms with Crippen molar-refractivity contribution in [3.05, 3.63) is 24.3 Å². The van der Waals surface area contributed by atoms with E-state index in [0.717, 1.165) is 64.2 Å². The van der Waals surface area contributed by atoms with E-state index in [1.54, 1.807) is 0 Å². The molecule has 0 aliphatic rings. The predicted octanol–water partition coefficient (Wildman–Crippen LogP) is 8.87. The number of amides is 2. The van der Waals surface area contributed by atoms with Crippen LogP contribution in [0, 0.1) is 0 Å². The zero-order valence-corrected chi connectivity index (χ0v) is 31.2. The van der Waals surface area contributed by atoms with Crippen molar-refractivity contribution in [2.75, 3.05) is 13.2 Å². The molecule has 0 radical (unpaired) electrons. The smallest absolute Gasteiger partial charge is 0.328 e. The Kier molecular flexibility index (Phi) is 33.2. The van der Waals surface area contributed by atoms with Gasteiger partial charge in [-0.2, -0.15) is 0 Å². The van der Waals surface area contributed by atoms with Crippen molar-refractivity contribution in [3.63, 3.8) is 0 Å². The number of aliphatic hydroxyl groups is 1. The van der Waals surface area contributed by atoms with Crippen molar-refractivity contribution in [1.29, 1.82) is 0 Å². The third-order valence-electron chi connectivity index (χ3n) is 8.66. The molecule has 0 rings (SSSR count). The first-order chi connectivity index (χ1) is 23.8. The number of aliphatic hydroxyl groups excluding tert-OH is 1. The first kappa shape index (κ1) is 46.3. The van der Waals surface area contributed by atoms with Gasteiger partial charge in [0.05, 0.1) is 13.2 Å². The van der Waals surface area contributed by atoms with Crippen LogP contribution in [0.3, 0.4) is 0 Å². The number of esters is 1. The van der Waals surface area contributed by atoms with Gasteiger partial charge in [0.2, 0.25) is 11.8 Å². The lowest BCUT2D eigenvalue weighted by molar-refractivity contribution is -0.147. The Hall–Kier alpha value is -2.68. The second-order valence-corrected chi connectivity index (χ2v) is 13.4. The fourth-order valence-corrected chi connectivity index (χ4v) is 5.56. The fourth-order valence-electron chi connectivity index (χ4n) is 5.56. The number of allylic oxidation sites excluding steroid dienone is 3. The summed E-state index contributed by atoms with van der Waals surface area (Å²) in [4.78, 5) is 47.4. The summed E-state index contributed by atoms with van der Waals surface area (Å²) in [7, 11) is 0. The largest absolute Gasteiger partial charge is 0.480 e. The first-order valence-electron chi connectivity index (χ1n) is 19.7. The van der Waals surface area contributed by atoms with Crippen LogP contribution in [0.5, 0.6) is 0 Å². The molecule has 9 nitrogen and oxygen atoms in total. The van der Waals surface area contributed by atoms with E-state index in [9.17, 15) is 19.2 Å². The average molecular weight is 693 g/mol. The summed E-state index contributed by atoms with van der Waals surface area (Å²) in [5.74, 6) is -2.40. The normalized spacial score (nSPS) is 12.7. The third-order valence-corrected chi connectivity index (χ3v) is 8.66. The molecule has 0 aromatic heterocycles. The summed E-state index contributed by atoms with van der Waals surface area (Å²) < 4.78 is 5.89. The van der Waals surface area contributed by atoms with Gasteiger partial charge >= 0.3 is 11.9 Å². The van der Waals surface area contributed by atoms with E-state index in [1.165, 1.54) is 83.5 Å². The average Bonchev–Trinajstić information content (AvgIpc) is 3.08. The van der Waals surface area contributed by atoms with Gasteiger partial charge in [-0.25, -0.2) is 4.79 Å². The predicted molar refractivity (Wildman–Crippen MR) is 199 cm³/mol. The zero-order valence-electron chi connectivity index (χ0n) is 31.2. The van der Waals surface area contributed by atoms with Crippen molar-refractivity contribution in [2.45, 2.75) is 193 Å². The Bertz CT molecular complexity index is 890. The van der Waals surface area contributed by atoms with Crippen LogP contribution in [-0.2, 0) is 23.9 Å². The minimum atomic E-state index is -1.39. The molecule has 0 aromatic rings. The molecule has 9 heteroatoms. The van der Waals surface area contributed by atoms with Gasteiger partial charge < -0.3 is 25.6 Å². The Morgan fingerprint density at radius 3 is 1.67 bits per heavy atom. The van der Waals surface area contributed by atoms with Gasteiger partial charge in [0.25, 0.3) is 0 Å². The lowest BCUT2D eigenvalue weighted by atomic mass is 10.1. The van der Waals surface area contributed by atoms with Gasteiger partial charge in [-0.15, -0.1) is 0 Å². The van der Waals surface area contributed by atoms with Gasteiger partial charge in [0.15, 0.2) is 0 Å². The van der Waals surface area contributed by atoms with Gasteiger partial charge in [0.1, 0.15) is 12.1 Å². The van der Waals surface area contributed by atoms with E-state index in [4.69, 9.17) is 14.9 Å². The second kappa shape index (κ2) is 35.2. The second-order valence-electron chi connectivity index (χ2n) is 13.4. The van der Waals surface area contributed by atoms with Gasteiger partial charge in [-0.05, 0) is 70.3 Å². The first-order valence-corrected chi connectivity index (χ1v) is 19.7. The molecule has 2 amide bonds. The number of ether oxygens (including phenoxy) is 1. The summed E-state index contributed by atoms with van der Waals surface area (Å²) in [6, 6.07) is -1.39. The van der Waals surface area contributed by atoms with Crippen LogP contribution in [0.1, 0.15) is 181 Å². The molecule has 0 saturated heterocycles. The van der Waals surface area contributed by atoms with Crippen molar-refractivity contribution >= 4 is 23.8 Å². The number of carboxylic acid groups (broad SMARTS) is 1. The molecule has 49 heavy (non-hydrogen) atoms. The molecular formula is C40H72N2O7. The summed E-state index contributed by atoms with van der Waals surface area (Å²) in [6.45, 7) is 3.42. The Morgan fingerprint density at radius 1 is 0.612 bits per heavy atom. The fraction of sp³-hybridized carbons (Fsp3) is 0.800. The van der Waals surface area contributed by atoms with E-state index >= 15 is 0 Å². The van der Waals surface area contributed by atoms with Gasteiger partial charge in [-0.1, -0.05) is 122 Å². The molecular weight excluding hydrogens is 620 g/mol. The number of unbranched alkanes of at least 4 members (excludes halogenated alkanes) is 19.